The van der Waals surface area contributed by atoms with Crippen LogP contribution in [-0.2, 0) is 19.1 Å². The van der Waals surface area contributed by atoms with E-state index in [-0.39, 0.29) is 29.7 Å². The van der Waals surface area contributed by atoms with E-state index in [4.69, 9.17) is 9.47 Å². The van der Waals surface area contributed by atoms with Gasteiger partial charge < -0.3 is 9.47 Å². The predicted molar refractivity (Wildman–Crippen MR) is 116 cm³/mol. The van der Waals surface area contributed by atoms with Gasteiger partial charge in [0.25, 0.3) is 0 Å². The first kappa shape index (κ1) is 26.7. The highest BCUT2D eigenvalue weighted by Gasteiger charge is 2.24. The second kappa shape index (κ2) is 15.6. The van der Waals surface area contributed by atoms with Gasteiger partial charge in [0.2, 0.25) is 0 Å². The quantitative estimate of drug-likeness (QED) is 0.181. The third-order valence-electron chi connectivity index (χ3n) is 4.35. The van der Waals surface area contributed by atoms with Crippen molar-refractivity contribution < 1.29 is 19.1 Å². The van der Waals surface area contributed by atoms with Crippen LogP contribution in [0.15, 0.2) is 11.1 Å². The van der Waals surface area contributed by atoms with E-state index < -0.39 is 0 Å². The van der Waals surface area contributed by atoms with E-state index in [1.54, 1.807) is 0 Å². The van der Waals surface area contributed by atoms with Gasteiger partial charge in [-0.05, 0) is 37.0 Å². The van der Waals surface area contributed by atoms with Crippen LogP contribution in [0.5, 0.6) is 0 Å². The molecule has 0 heterocycles. The van der Waals surface area contributed by atoms with Gasteiger partial charge in [-0.1, -0.05) is 80.6 Å². The van der Waals surface area contributed by atoms with Crippen molar-refractivity contribution in [2.45, 2.75) is 99.8 Å². The minimum absolute atomic E-state index is 0.263. The molecule has 0 aliphatic heterocycles. The number of hydrogen-bond acceptors (Lipinski definition) is 4. The van der Waals surface area contributed by atoms with Crippen LogP contribution in [-0.4, -0.2) is 25.2 Å². The van der Waals surface area contributed by atoms with Gasteiger partial charge in [-0.3, -0.25) is 0 Å². The van der Waals surface area contributed by atoms with Gasteiger partial charge in [-0.25, -0.2) is 9.59 Å². The number of ether oxygens (including phenoxy) is 2. The van der Waals surface area contributed by atoms with Gasteiger partial charge in [-0.15, -0.1) is 0 Å². The maximum atomic E-state index is 12.8. The molecule has 0 atom stereocenters. The van der Waals surface area contributed by atoms with E-state index in [1.165, 1.54) is 25.7 Å². The molecular weight excluding hydrogens is 352 g/mol. The van der Waals surface area contributed by atoms with Crippen molar-refractivity contribution in [2.24, 2.45) is 17.8 Å². The maximum Gasteiger partial charge on any atom is 0.334 e. The van der Waals surface area contributed by atoms with Crippen molar-refractivity contribution in [3.63, 3.8) is 0 Å². The van der Waals surface area contributed by atoms with E-state index in [2.05, 4.69) is 20.8 Å². The Morgan fingerprint density at radius 3 is 1.57 bits per heavy atom. The molecule has 0 bridgehead atoms. The molecule has 0 aromatic heterocycles. The van der Waals surface area contributed by atoms with Gasteiger partial charge in [-0.2, -0.15) is 0 Å². The average molecular weight is 397 g/mol. The summed E-state index contributed by atoms with van der Waals surface area (Å²) in [5, 5.41) is 0. The van der Waals surface area contributed by atoms with E-state index in [9.17, 15) is 9.59 Å². The fourth-order valence-corrected chi connectivity index (χ4v) is 2.86. The number of esters is 2. The van der Waals surface area contributed by atoms with Crippen molar-refractivity contribution in [2.75, 3.05) is 13.2 Å². The Morgan fingerprint density at radius 2 is 1.11 bits per heavy atom. The number of carbonyl (C=O) groups is 2. The summed E-state index contributed by atoms with van der Waals surface area (Å²) in [7, 11) is 0. The summed E-state index contributed by atoms with van der Waals surface area (Å²) in [5.41, 5.74) is 1.04. The fourth-order valence-electron chi connectivity index (χ4n) is 2.86. The molecule has 0 saturated heterocycles. The Kier molecular flexibility index (Phi) is 14.9. The summed E-state index contributed by atoms with van der Waals surface area (Å²) in [4.78, 5) is 25.5. The molecule has 0 unspecified atom stereocenters. The predicted octanol–water partition coefficient (Wildman–Crippen LogP) is 6.48. The van der Waals surface area contributed by atoms with E-state index >= 15 is 0 Å². The average Bonchev–Trinajstić information content (AvgIpc) is 2.61. The van der Waals surface area contributed by atoms with Crippen molar-refractivity contribution in [3.8, 4) is 0 Å². The van der Waals surface area contributed by atoms with Crippen molar-refractivity contribution in [1.82, 2.24) is 0 Å². The first-order valence-corrected chi connectivity index (χ1v) is 11.2. The summed E-state index contributed by atoms with van der Waals surface area (Å²) < 4.78 is 11.0. The molecule has 0 saturated carbocycles. The van der Waals surface area contributed by atoms with Gasteiger partial charge in [0.1, 0.15) is 0 Å². The lowest BCUT2D eigenvalue weighted by Gasteiger charge is -2.17. The number of hydrogen-bond donors (Lipinski definition) is 0. The highest BCUT2D eigenvalue weighted by Crippen LogP contribution is 2.24. The Balaban J connectivity index is 5.37. The van der Waals surface area contributed by atoms with E-state index in [0.29, 0.717) is 37.2 Å². The Morgan fingerprint density at radius 1 is 0.643 bits per heavy atom. The molecule has 0 aliphatic carbocycles. The van der Waals surface area contributed by atoms with Crippen LogP contribution < -0.4 is 0 Å². The van der Waals surface area contributed by atoms with Gasteiger partial charge in [0.05, 0.1) is 13.2 Å². The fraction of sp³-hybridized carbons (Fsp3) is 0.833. The zero-order valence-electron chi connectivity index (χ0n) is 19.4. The third kappa shape index (κ3) is 13.0. The summed E-state index contributed by atoms with van der Waals surface area (Å²) in [6, 6.07) is 0. The molecular formula is C24H44O4. The van der Waals surface area contributed by atoms with Crippen LogP contribution in [0.25, 0.3) is 0 Å². The summed E-state index contributed by atoms with van der Waals surface area (Å²) in [6.07, 6.45) is 7.95. The molecule has 0 radical (unpaired) electrons. The lowest BCUT2D eigenvalue weighted by atomic mass is 9.94. The monoisotopic (exact) mass is 396 g/mol. The molecule has 0 fully saturated rings. The summed E-state index contributed by atoms with van der Waals surface area (Å²) >= 11 is 0. The number of unbranched alkanes of at least 4 members (excludes halogenated alkanes) is 5. The number of rotatable bonds is 15. The summed E-state index contributed by atoms with van der Waals surface area (Å²) in [6.45, 7) is 15.1. The number of carbonyl (C=O) groups excluding carboxylic acids is 2. The zero-order chi connectivity index (χ0) is 21.5. The van der Waals surface area contributed by atoms with E-state index in [0.717, 1.165) is 12.8 Å². The normalized spacial score (nSPS) is 12.5. The Hall–Kier alpha value is -1.32. The van der Waals surface area contributed by atoms with Crippen LogP contribution in [0.2, 0.25) is 0 Å². The smallest absolute Gasteiger partial charge is 0.334 e. The molecule has 0 aromatic carbocycles. The van der Waals surface area contributed by atoms with Crippen molar-refractivity contribution >= 4 is 11.9 Å². The lowest BCUT2D eigenvalue weighted by Crippen LogP contribution is -2.20. The summed E-state index contributed by atoms with van der Waals surface area (Å²) in [5.74, 6) is 0.0863. The Labute approximate surface area is 173 Å². The Bertz CT molecular complexity index is 475. The van der Waals surface area contributed by atoms with Gasteiger partial charge in [0.15, 0.2) is 0 Å². The van der Waals surface area contributed by atoms with Crippen molar-refractivity contribution in [1.29, 1.82) is 0 Å². The molecule has 0 aliphatic rings. The first-order valence-electron chi connectivity index (χ1n) is 11.2. The topological polar surface area (TPSA) is 52.6 Å². The largest absolute Gasteiger partial charge is 0.462 e. The van der Waals surface area contributed by atoms with Gasteiger partial charge >= 0.3 is 11.9 Å². The molecule has 4 heteroatoms. The minimum atomic E-state index is -0.357. The highest BCUT2D eigenvalue weighted by atomic mass is 16.5. The zero-order valence-corrected chi connectivity index (χ0v) is 19.4. The van der Waals surface area contributed by atoms with Gasteiger partial charge in [0, 0.05) is 11.1 Å². The molecule has 28 heavy (non-hydrogen) atoms. The van der Waals surface area contributed by atoms with E-state index in [1.807, 2.05) is 27.7 Å². The van der Waals surface area contributed by atoms with Crippen LogP contribution >= 0.6 is 0 Å². The highest BCUT2D eigenvalue weighted by molar-refractivity contribution is 6.00. The first-order chi connectivity index (χ1) is 13.2. The molecule has 0 N–H and O–H groups in total. The molecule has 164 valence electrons. The minimum Gasteiger partial charge on any atom is -0.462 e. The standard InChI is InChI=1S/C24H44O4/c1-8-9-10-11-12-13-14-21(23(25)27-16-19(4)5)22(15-18(2)3)24(26)28-17-20(6)7/h18-20H,8-17H2,1-7H3. The lowest BCUT2D eigenvalue weighted by molar-refractivity contribution is -0.143. The molecule has 0 aromatic rings. The molecule has 0 rings (SSSR count). The third-order valence-corrected chi connectivity index (χ3v) is 4.35. The SMILES string of the molecule is CCCCCCCCC(C(=O)OCC(C)C)=C(CC(C)C)C(=O)OCC(C)C. The van der Waals surface area contributed by atoms with Crippen LogP contribution in [0.4, 0.5) is 0 Å². The van der Waals surface area contributed by atoms with Crippen LogP contribution in [0, 0.1) is 17.8 Å². The second-order valence-electron chi connectivity index (χ2n) is 9.06. The van der Waals surface area contributed by atoms with Crippen LogP contribution in [0.1, 0.15) is 99.8 Å². The van der Waals surface area contributed by atoms with Crippen molar-refractivity contribution in [3.05, 3.63) is 11.1 Å². The maximum absolute atomic E-state index is 12.8. The molecule has 0 spiro atoms. The molecule has 0 amide bonds. The van der Waals surface area contributed by atoms with Crippen LogP contribution in [0.3, 0.4) is 0 Å². The second-order valence-corrected chi connectivity index (χ2v) is 9.06. The molecule has 4 nitrogen and oxygen atoms in total.